The molecule has 162 valence electrons. The van der Waals surface area contributed by atoms with Crippen LogP contribution in [0.25, 0.3) is 5.65 Å². The monoisotopic (exact) mass is 516 g/mol. The predicted octanol–water partition coefficient (Wildman–Crippen LogP) is 1.13. The number of aromatic nitrogens is 2. The maximum Gasteiger partial charge on any atom is 0.191 e. The molecule has 1 saturated heterocycles. The maximum absolute atomic E-state index is 10.7. The molecule has 1 fully saturated rings. The number of fused-ring (bicyclic) bond motifs is 1. The lowest BCUT2D eigenvalue weighted by Gasteiger charge is -2.33. The molecule has 0 aromatic carbocycles. The van der Waals surface area contributed by atoms with E-state index in [-0.39, 0.29) is 24.0 Å². The summed E-state index contributed by atoms with van der Waals surface area (Å²) in [6.45, 7) is 9.48. The second-order valence-corrected chi connectivity index (χ2v) is 7.46. The Labute approximate surface area is 189 Å². The van der Waals surface area contributed by atoms with Crippen LogP contribution in [0.4, 0.5) is 0 Å². The van der Waals surface area contributed by atoms with Gasteiger partial charge in [0.15, 0.2) is 5.96 Å². The molecule has 0 aliphatic carbocycles. The summed E-state index contributed by atoms with van der Waals surface area (Å²) in [4.78, 5) is 11.4. The molecule has 0 amide bonds. The van der Waals surface area contributed by atoms with E-state index in [0.29, 0.717) is 19.0 Å². The molecule has 3 heterocycles. The van der Waals surface area contributed by atoms with Crippen LogP contribution in [0, 0.1) is 0 Å². The topological polar surface area (TPSA) is 86.4 Å². The highest BCUT2D eigenvalue weighted by molar-refractivity contribution is 14.0. The van der Waals surface area contributed by atoms with Crippen molar-refractivity contribution >= 4 is 35.6 Å². The number of morpholine rings is 1. The second-order valence-electron chi connectivity index (χ2n) is 7.46. The van der Waals surface area contributed by atoms with Gasteiger partial charge in [-0.05, 0) is 26.0 Å². The number of halogens is 1. The van der Waals surface area contributed by atoms with Crippen LogP contribution in [0.15, 0.2) is 35.6 Å². The third-order valence-electron chi connectivity index (χ3n) is 4.68. The van der Waals surface area contributed by atoms with Gasteiger partial charge in [0.1, 0.15) is 5.65 Å². The molecular formula is C20H33IN6O2. The van der Waals surface area contributed by atoms with E-state index < -0.39 is 5.60 Å². The van der Waals surface area contributed by atoms with Gasteiger partial charge in [-0.1, -0.05) is 6.07 Å². The zero-order valence-electron chi connectivity index (χ0n) is 17.3. The third kappa shape index (κ3) is 7.72. The van der Waals surface area contributed by atoms with Crippen LogP contribution in [0.1, 0.15) is 19.5 Å². The van der Waals surface area contributed by atoms with Crippen molar-refractivity contribution in [3.63, 3.8) is 0 Å². The highest BCUT2D eigenvalue weighted by atomic mass is 127. The minimum absolute atomic E-state index is 0. The molecule has 1 aliphatic heterocycles. The van der Waals surface area contributed by atoms with E-state index in [1.54, 1.807) is 0 Å². The first-order chi connectivity index (χ1) is 13.6. The highest BCUT2D eigenvalue weighted by Crippen LogP contribution is 2.09. The van der Waals surface area contributed by atoms with Crippen LogP contribution >= 0.6 is 24.0 Å². The lowest BCUT2D eigenvalue weighted by molar-refractivity contribution is -0.0179. The number of hydrogen-bond acceptors (Lipinski definition) is 5. The Kier molecular flexibility index (Phi) is 9.60. The van der Waals surface area contributed by atoms with Crippen LogP contribution in [0.3, 0.4) is 0 Å². The van der Waals surface area contributed by atoms with E-state index in [1.165, 1.54) is 0 Å². The van der Waals surface area contributed by atoms with E-state index in [9.17, 15) is 5.11 Å². The quantitative estimate of drug-likeness (QED) is 0.277. The Morgan fingerprint density at radius 3 is 2.83 bits per heavy atom. The zero-order valence-corrected chi connectivity index (χ0v) is 19.6. The standard InChI is InChI=1S/C20H32N6O2.HI/c1-3-21-19(23-15-20(2,27)16-25-10-12-28-13-11-25)22-8-7-17-14-26-9-5-4-6-18(26)24-17;/h4-6,9,14,27H,3,7-8,10-13,15-16H2,1-2H3,(H2,21,22,23);1H. The fraction of sp³-hybridized carbons (Fsp3) is 0.600. The number of β-amino-alcohol motifs (C(OH)–C–C–N with tert-alkyl or cyclic N) is 1. The summed E-state index contributed by atoms with van der Waals surface area (Å²) < 4.78 is 7.39. The molecule has 29 heavy (non-hydrogen) atoms. The van der Waals surface area contributed by atoms with Crippen LogP contribution in [-0.2, 0) is 11.2 Å². The van der Waals surface area contributed by atoms with Crippen LogP contribution < -0.4 is 10.6 Å². The Morgan fingerprint density at radius 2 is 2.10 bits per heavy atom. The molecule has 1 aliphatic rings. The number of imidazole rings is 1. The van der Waals surface area contributed by atoms with Crippen LogP contribution in [0.5, 0.6) is 0 Å². The Balaban J connectivity index is 0.00000300. The van der Waals surface area contributed by atoms with Crippen molar-refractivity contribution in [2.75, 3.05) is 52.5 Å². The normalized spacial score (nSPS) is 17.6. The van der Waals surface area contributed by atoms with Crippen molar-refractivity contribution in [2.24, 2.45) is 4.99 Å². The van der Waals surface area contributed by atoms with Gasteiger partial charge in [-0.15, -0.1) is 24.0 Å². The molecular weight excluding hydrogens is 483 g/mol. The van der Waals surface area contributed by atoms with Crippen molar-refractivity contribution in [1.29, 1.82) is 0 Å². The third-order valence-corrected chi connectivity index (χ3v) is 4.68. The summed E-state index contributed by atoms with van der Waals surface area (Å²) in [5, 5.41) is 17.3. The molecule has 8 nitrogen and oxygen atoms in total. The molecule has 0 spiro atoms. The molecule has 1 atom stereocenters. The first-order valence-corrected chi connectivity index (χ1v) is 10.0. The minimum Gasteiger partial charge on any atom is -0.387 e. The number of hydrogen-bond donors (Lipinski definition) is 3. The van der Waals surface area contributed by atoms with Gasteiger partial charge in [-0.2, -0.15) is 0 Å². The van der Waals surface area contributed by atoms with E-state index in [4.69, 9.17) is 4.74 Å². The lowest BCUT2D eigenvalue weighted by Crippen LogP contribution is -2.48. The van der Waals surface area contributed by atoms with E-state index in [0.717, 1.165) is 57.2 Å². The first-order valence-electron chi connectivity index (χ1n) is 10.0. The molecule has 3 rings (SSSR count). The number of rotatable bonds is 8. The minimum atomic E-state index is -0.874. The van der Waals surface area contributed by atoms with Crippen molar-refractivity contribution in [3.05, 3.63) is 36.3 Å². The molecule has 9 heteroatoms. The van der Waals surface area contributed by atoms with Gasteiger partial charge in [0.2, 0.25) is 0 Å². The average molecular weight is 516 g/mol. The number of pyridine rings is 1. The summed E-state index contributed by atoms with van der Waals surface area (Å²) in [7, 11) is 0. The molecule has 1 unspecified atom stereocenters. The van der Waals surface area contributed by atoms with Crippen molar-refractivity contribution < 1.29 is 9.84 Å². The second kappa shape index (κ2) is 11.7. The van der Waals surface area contributed by atoms with Crippen molar-refractivity contribution in [1.82, 2.24) is 24.9 Å². The van der Waals surface area contributed by atoms with Gasteiger partial charge in [0.25, 0.3) is 0 Å². The SMILES string of the molecule is CCNC(=NCC(C)(O)CN1CCOCC1)NCCc1cn2ccccc2n1.I. The lowest BCUT2D eigenvalue weighted by atomic mass is 10.1. The molecule has 3 N–H and O–H groups in total. The largest absolute Gasteiger partial charge is 0.387 e. The fourth-order valence-electron chi connectivity index (χ4n) is 3.30. The number of aliphatic imine (C=N–C) groups is 1. The van der Waals surface area contributed by atoms with E-state index >= 15 is 0 Å². The van der Waals surface area contributed by atoms with Gasteiger partial charge in [-0.3, -0.25) is 9.89 Å². The average Bonchev–Trinajstić information content (AvgIpc) is 3.09. The molecule has 0 saturated carbocycles. The predicted molar refractivity (Wildman–Crippen MR) is 126 cm³/mol. The first kappa shape index (κ1) is 23.8. The van der Waals surface area contributed by atoms with Crippen molar-refractivity contribution in [3.8, 4) is 0 Å². The van der Waals surface area contributed by atoms with E-state index in [2.05, 4.69) is 25.5 Å². The highest BCUT2D eigenvalue weighted by Gasteiger charge is 2.25. The Morgan fingerprint density at radius 1 is 1.31 bits per heavy atom. The molecule has 2 aromatic rings. The summed E-state index contributed by atoms with van der Waals surface area (Å²) in [6.07, 6.45) is 4.85. The summed E-state index contributed by atoms with van der Waals surface area (Å²) in [5.74, 6) is 0.716. The van der Waals surface area contributed by atoms with Gasteiger partial charge in [0.05, 0.1) is 31.1 Å². The van der Waals surface area contributed by atoms with Crippen LogP contribution in [0.2, 0.25) is 0 Å². The Bertz CT molecular complexity index is 740. The smallest absolute Gasteiger partial charge is 0.191 e. The van der Waals surface area contributed by atoms with Gasteiger partial charge >= 0.3 is 0 Å². The number of nitrogens with one attached hydrogen (secondary N) is 2. The maximum atomic E-state index is 10.7. The Hall–Kier alpha value is -1.43. The summed E-state index contributed by atoms with van der Waals surface area (Å²) in [5.41, 5.74) is 1.12. The number of ether oxygens (including phenoxy) is 1. The zero-order chi connectivity index (χ0) is 19.8. The van der Waals surface area contributed by atoms with Crippen molar-refractivity contribution in [2.45, 2.75) is 25.9 Å². The van der Waals surface area contributed by atoms with Gasteiger partial charge in [-0.25, -0.2) is 4.98 Å². The number of guanidine groups is 1. The molecule has 0 bridgehead atoms. The van der Waals surface area contributed by atoms with Gasteiger partial charge in [0, 0.05) is 51.5 Å². The number of aliphatic hydroxyl groups is 1. The van der Waals surface area contributed by atoms with Crippen LogP contribution in [-0.4, -0.2) is 83.4 Å². The molecule has 2 aromatic heterocycles. The fourth-order valence-corrected chi connectivity index (χ4v) is 3.30. The van der Waals surface area contributed by atoms with Gasteiger partial charge < -0.3 is 24.9 Å². The summed E-state index contributed by atoms with van der Waals surface area (Å²) in [6, 6.07) is 5.98. The van der Waals surface area contributed by atoms with E-state index in [1.807, 2.05) is 48.8 Å². The molecule has 0 radical (unpaired) electrons. The summed E-state index contributed by atoms with van der Waals surface area (Å²) >= 11 is 0. The number of nitrogens with zero attached hydrogens (tertiary/aromatic N) is 4.